The average Bonchev–Trinajstić information content (AvgIpc) is 2.42. The monoisotopic (exact) mass is 267 g/mol. The van der Waals surface area contributed by atoms with Gasteiger partial charge in [0.1, 0.15) is 5.82 Å². The van der Waals surface area contributed by atoms with Crippen molar-refractivity contribution in [2.24, 2.45) is 5.73 Å². The Morgan fingerprint density at radius 2 is 2.05 bits per heavy atom. The summed E-state index contributed by atoms with van der Waals surface area (Å²) in [5.41, 5.74) is 6.34. The Morgan fingerprint density at radius 3 is 2.63 bits per heavy atom. The molecule has 1 rings (SSSR count). The first kappa shape index (κ1) is 15.4. The van der Waals surface area contributed by atoms with Crippen molar-refractivity contribution in [2.75, 3.05) is 31.1 Å². The predicted molar refractivity (Wildman–Crippen MR) is 75.6 cm³/mol. The van der Waals surface area contributed by atoms with Crippen LogP contribution in [0.25, 0.3) is 0 Å². The Hall–Kier alpha value is -1.62. The van der Waals surface area contributed by atoms with Crippen LogP contribution in [0.5, 0.6) is 0 Å². The molecular weight excluding hydrogens is 245 g/mol. The van der Waals surface area contributed by atoms with Gasteiger partial charge in [0.15, 0.2) is 0 Å². The zero-order valence-electron chi connectivity index (χ0n) is 11.4. The Balaban J connectivity index is 2.65. The van der Waals surface area contributed by atoms with E-state index in [0.717, 1.165) is 18.5 Å². The summed E-state index contributed by atoms with van der Waals surface area (Å²) in [7, 11) is 0. The van der Waals surface area contributed by atoms with Gasteiger partial charge >= 0.3 is 0 Å². The van der Waals surface area contributed by atoms with Crippen molar-refractivity contribution in [1.29, 1.82) is 0 Å². The Bertz CT molecular complexity index is 381. The summed E-state index contributed by atoms with van der Waals surface area (Å²) >= 11 is 0. The molecular formula is C14H22FN3O. The highest BCUT2D eigenvalue weighted by molar-refractivity contribution is 5.81. The van der Waals surface area contributed by atoms with Crippen LogP contribution in [0, 0.1) is 5.82 Å². The van der Waals surface area contributed by atoms with E-state index in [2.05, 4.69) is 5.32 Å². The maximum Gasteiger partial charge on any atom is 0.239 e. The summed E-state index contributed by atoms with van der Waals surface area (Å²) < 4.78 is 12.9. The molecule has 5 heteroatoms. The number of benzene rings is 1. The lowest BCUT2D eigenvalue weighted by Gasteiger charge is -2.24. The van der Waals surface area contributed by atoms with Crippen LogP contribution in [0.1, 0.15) is 19.8 Å². The molecule has 1 aromatic rings. The first-order chi connectivity index (χ1) is 9.17. The molecule has 0 aliphatic rings. The smallest absolute Gasteiger partial charge is 0.239 e. The van der Waals surface area contributed by atoms with E-state index in [-0.39, 0.29) is 18.3 Å². The summed E-state index contributed by atoms with van der Waals surface area (Å²) in [5, 5.41) is 2.83. The summed E-state index contributed by atoms with van der Waals surface area (Å²) in [6, 6.07) is 6.15. The number of anilines is 1. The third-order valence-corrected chi connectivity index (χ3v) is 2.73. The molecule has 19 heavy (non-hydrogen) atoms. The van der Waals surface area contributed by atoms with Crippen molar-refractivity contribution in [3.63, 3.8) is 0 Å². The number of hydrogen-bond donors (Lipinski definition) is 2. The minimum absolute atomic E-state index is 0.0248. The number of amides is 1. The second kappa shape index (κ2) is 8.48. The summed E-state index contributed by atoms with van der Waals surface area (Å²) in [6.45, 7) is 4.20. The molecule has 1 amide bonds. The average molecular weight is 267 g/mol. The molecule has 0 bridgehead atoms. The van der Waals surface area contributed by atoms with Crippen LogP contribution in [0.3, 0.4) is 0 Å². The molecule has 0 fully saturated rings. The van der Waals surface area contributed by atoms with Crippen LogP contribution in [-0.2, 0) is 4.79 Å². The van der Waals surface area contributed by atoms with Crippen molar-refractivity contribution in [3.05, 3.63) is 30.1 Å². The van der Waals surface area contributed by atoms with Gasteiger partial charge in [-0.1, -0.05) is 6.92 Å². The maximum absolute atomic E-state index is 12.9. The minimum Gasteiger partial charge on any atom is -0.362 e. The summed E-state index contributed by atoms with van der Waals surface area (Å²) in [5.74, 6) is -0.304. The molecule has 0 aromatic heterocycles. The minimum atomic E-state index is -0.280. The number of nitrogens with one attached hydrogen (secondary N) is 1. The Morgan fingerprint density at radius 1 is 1.37 bits per heavy atom. The van der Waals surface area contributed by atoms with Crippen molar-refractivity contribution >= 4 is 11.6 Å². The molecule has 0 unspecified atom stereocenters. The van der Waals surface area contributed by atoms with Gasteiger partial charge in [0.25, 0.3) is 0 Å². The molecule has 1 aromatic carbocycles. The van der Waals surface area contributed by atoms with Gasteiger partial charge in [-0.15, -0.1) is 0 Å². The largest absolute Gasteiger partial charge is 0.362 e. The molecule has 106 valence electrons. The highest BCUT2D eigenvalue weighted by atomic mass is 19.1. The van der Waals surface area contributed by atoms with Crippen LogP contribution in [-0.4, -0.2) is 32.1 Å². The van der Waals surface area contributed by atoms with Crippen LogP contribution in [0.2, 0.25) is 0 Å². The number of carbonyl (C=O) groups is 1. The van der Waals surface area contributed by atoms with E-state index in [0.29, 0.717) is 19.6 Å². The molecule has 3 N–H and O–H groups in total. The van der Waals surface area contributed by atoms with Crippen molar-refractivity contribution in [2.45, 2.75) is 19.8 Å². The lowest BCUT2D eigenvalue weighted by Crippen LogP contribution is -2.38. The second-order valence-electron chi connectivity index (χ2n) is 4.39. The van der Waals surface area contributed by atoms with E-state index >= 15 is 0 Å². The lowest BCUT2D eigenvalue weighted by molar-refractivity contribution is -0.119. The van der Waals surface area contributed by atoms with Crippen molar-refractivity contribution in [3.8, 4) is 0 Å². The van der Waals surface area contributed by atoms with Crippen molar-refractivity contribution < 1.29 is 9.18 Å². The second-order valence-corrected chi connectivity index (χ2v) is 4.39. The van der Waals surface area contributed by atoms with Gasteiger partial charge in [0.2, 0.25) is 5.91 Å². The maximum atomic E-state index is 12.9. The molecule has 0 aliphatic heterocycles. The number of nitrogens with two attached hydrogens (primary N) is 1. The van der Waals surface area contributed by atoms with Crippen LogP contribution < -0.4 is 16.0 Å². The van der Waals surface area contributed by atoms with Gasteiger partial charge in [-0.25, -0.2) is 4.39 Å². The standard InChI is InChI=1S/C14H22FN3O/c1-2-9-17-14(19)11-18(10-3-8-16)13-6-4-12(15)5-7-13/h4-7H,2-3,8-11,16H2,1H3,(H,17,19). The highest BCUT2D eigenvalue weighted by Gasteiger charge is 2.10. The number of nitrogens with zero attached hydrogens (tertiary/aromatic N) is 1. The number of hydrogen-bond acceptors (Lipinski definition) is 3. The number of rotatable bonds is 8. The summed E-state index contributed by atoms with van der Waals surface area (Å²) in [6.07, 6.45) is 1.70. The lowest BCUT2D eigenvalue weighted by atomic mass is 10.2. The SMILES string of the molecule is CCCNC(=O)CN(CCCN)c1ccc(F)cc1. The molecule has 0 saturated heterocycles. The predicted octanol–water partition coefficient (Wildman–Crippen LogP) is 1.51. The first-order valence-corrected chi connectivity index (χ1v) is 6.64. The zero-order valence-corrected chi connectivity index (χ0v) is 11.4. The van der Waals surface area contributed by atoms with E-state index in [1.54, 1.807) is 12.1 Å². The van der Waals surface area contributed by atoms with E-state index < -0.39 is 0 Å². The third kappa shape index (κ3) is 5.70. The van der Waals surface area contributed by atoms with Crippen LogP contribution in [0.15, 0.2) is 24.3 Å². The van der Waals surface area contributed by atoms with E-state index in [1.165, 1.54) is 12.1 Å². The van der Waals surface area contributed by atoms with Gasteiger partial charge in [0, 0.05) is 18.8 Å². The number of carbonyl (C=O) groups excluding carboxylic acids is 1. The normalized spacial score (nSPS) is 10.3. The fourth-order valence-electron chi connectivity index (χ4n) is 1.73. The van der Waals surface area contributed by atoms with Gasteiger partial charge < -0.3 is 16.0 Å². The quantitative estimate of drug-likeness (QED) is 0.750. The zero-order chi connectivity index (χ0) is 14.1. The van der Waals surface area contributed by atoms with E-state index in [9.17, 15) is 9.18 Å². The molecule has 0 aliphatic carbocycles. The van der Waals surface area contributed by atoms with Crippen LogP contribution in [0.4, 0.5) is 10.1 Å². The van der Waals surface area contributed by atoms with E-state index in [1.807, 2.05) is 11.8 Å². The van der Waals surface area contributed by atoms with Crippen LogP contribution >= 0.6 is 0 Å². The van der Waals surface area contributed by atoms with Gasteiger partial charge in [0.05, 0.1) is 6.54 Å². The van der Waals surface area contributed by atoms with E-state index in [4.69, 9.17) is 5.73 Å². The third-order valence-electron chi connectivity index (χ3n) is 2.73. The fraction of sp³-hybridized carbons (Fsp3) is 0.500. The first-order valence-electron chi connectivity index (χ1n) is 6.64. The van der Waals surface area contributed by atoms with Crippen molar-refractivity contribution in [1.82, 2.24) is 5.32 Å². The Kier molecular flexibility index (Phi) is 6.89. The number of halogens is 1. The highest BCUT2D eigenvalue weighted by Crippen LogP contribution is 2.14. The molecule has 4 nitrogen and oxygen atoms in total. The molecule has 0 spiro atoms. The van der Waals surface area contributed by atoms with Gasteiger partial charge in [-0.2, -0.15) is 0 Å². The molecule has 0 heterocycles. The molecule has 0 atom stereocenters. The Labute approximate surface area is 113 Å². The fourth-order valence-corrected chi connectivity index (χ4v) is 1.73. The molecule has 0 saturated carbocycles. The topological polar surface area (TPSA) is 58.4 Å². The van der Waals surface area contributed by atoms with Gasteiger partial charge in [-0.3, -0.25) is 4.79 Å². The molecule has 0 radical (unpaired) electrons. The summed E-state index contributed by atoms with van der Waals surface area (Å²) in [4.78, 5) is 13.7. The van der Waals surface area contributed by atoms with Gasteiger partial charge in [-0.05, 0) is 43.7 Å².